The van der Waals surface area contributed by atoms with Crippen LogP contribution in [0.1, 0.15) is 41.7 Å². The maximum Gasteiger partial charge on any atom is 0.417 e. The second-order valence-electron chi connectivity index (χ2n) is 5.02. The molecule has 110 valence electrons. The molecular formula is C13H16F3N3O. The number of nitrogens with two attached hydrogens (primary N) is 1. The molecule has 4 nitrogen and oxygen atoms in total. The van der Waals surface area contributed by atoms with E-state index in [1.165, 1.54) is 0 Å². The lowest BCUT2D eigenvalue weighted by Gasteiger charge is -2.26. The van der Waals surface area contributed by atoms with E-state index in [-0.39, 0.29) is 17.8 Å². The summed E-state index contributed by atoms with van der Waals surface area (Å²) in [6.45, 7) is 0. The molecule has 1 amide bonds. The minimum absolute atomic E-state index is 0.00660. The van der Waals surface area contributed by atoms with Crippen LogP contribution in [0.2, 0.25) is 0 Å². The van der Waals surface area contributed by atoms with Gasteiger partial charge in [0.15, 0.2) is 0 Å². The monoisotopic (exact) mass is 287 g/mol. The molecule has 3 N–H and O–H groups in total. The summed E-state index contributed by atoms with van der Waals surface area (Å²) in [6.07, 6.45) is -0.523. The average molecular weight is 287 g/mol. The van der Waals surface area contributed by atoms with Gasteiger partial charge in [0.05, 0.1) is 5.56 Å². The fourth-order valence-electron chi connectivity index (χ4n) is 2.22. The van der Waals surface area contributed by atoms with Crippen LogP contribution in [0.5, 0.6) is 0 Å². The topological polar surface area (TPSA) is 68.0 Å². The van der Waals surface area contributed by atoms with Gasteiger partial charge in [0.2, 0.25) is 0 Å². The van der Waals surface area contributed by atoms with Gasteiger partial charge < -0.3 is 11.1 Å². The molecule has 0 aliphatic heterocycles. The zero-order chi connectivity index (χ0) is 14.8. The van der Waals surface area contributed by atoms with E-state index in [1.54, 1.807) is 0 Å². The molecule has 0 bridgehead atoms. The second-order valence-corrected chi connectivity index (χ2v) is 5.02. The molecule has 0 saturated heterocycles. The van der Waals surface area contributed by atoms with Crippen molar-refractivity contribution < 1.29 is 18.0 Å². The van der Waals surface area contributed by atoms with Gasteiger partial charge in [0, 0.05) is 18.3 Å². The highest BCUT2D eigenvalue weighted by Crippen LogP contribution is 2.28. The smallest absolute Gasteiger partial charge is 0.348 e. The van der Waals surface area contributed by atoms with Crippen molar-refractivity contribution in [2.24, 2.45) is 5.73 Å². The van der Waals surface area contributed by atoms with Crippen molar-refractivity contribution in [1.82, 2.24) is 10.3 Å². The molecule has 1 aromatic rings. The lowest BCUT2D eigenvalue weighted by molar-refractivity contribution is -0.137. The molecule has 0 unspecified atom stereocenters. The maximum absolute atomic E-state index is 12.4. The Morgan fingerprint density at radius 1 is 1.25 bits per heavy atom. The van der Waals surface area contributed by atoms with Gasteiger partial charge in [-0.1, -0.05) is 0 Å². The Balaban J connectivity index is 1.96. The van der Waals surface area contributed by atoms with Gasteiger partial charge in [-0.05, 0) is 37.8 Å². The molecule has 0 atom stereocenters. The van der Waals surface area contributed by atoms with Crippen LogP contribution in [0.4, 0.5) is 13.2 Å². The van der Waals surface area contributed by atoms with E-state index in [0.29, 0.717) is 6.20 Å². The number of aromatic nitrogens is 1. The van der Waals surface area contributed by atoms with Crippen LogP contribution in [0.25, 0.3) is 0 Å². The number of alkyl halides is 3. The van der Waals surface area contributed by atoms with Gasteiger partial charge in [-0.25, -0.2) is 0 Å². The van der Waals surface area contributed by atoms with Crippen LogP contribution in [-0.4, -0.2) is 23.0 Å². The van der Waals surface area contributed by atoms with E-state index >= 15 is 0 Å². The predicted octanol–water partition coefficient (Wildman–Crippen LogP) is 2.10. The van der Waals surface area contributed by atoms with Crippen molar-refractivity contribution in [3.8, 4) is 0 Å². The number of amides is 1. The summed E-state index contributed by atoms with van der Waals surface area (Å²) in [7, 11) is 0. The van der Waals surface area contributed by atoms with Crippen LogP contribution in [-0.2, 0) is 6.18 Å². The molecule has 1 fully saturated rings. The number of rotatable bonds is 2. The van der Waals surface area contributed by atoms with Gasteiger partial charge >= 0.3 is 6.18 Å². The quantitative estimate of drug-likeness (QED) is 0.875. The van der Waals surface area contributed by atoms with Crippen molar-refractivity contribution in [2.45, 2.75) is 43.9 Å². The van der Waals surface area contributed by atoms with Gasteiger partial charge in [-0.15, -0.1) is 0 Å². The van der Waals surface area contributed by atoms with E-state index in [1.807, 2.05) is 0 Å². The lowest BCUT2D eigenvalue weighted by atomic mass is 9.92. The van der Waals surface area contributed by atoms with E-state index in [9.17, 15) is 18.0 Å². The molecule has 0 radical (unpaired) electrons. The zero-order valence-corrected chi connectivity index (χ0v) is 10.8. The Morgan fingerprint density at radius 2 is 1.90 bits per heavy atom. The molecule has 7 heteroatoms. The first kappa shape index (κ1) is 14.8. The van der Waals surface area contributed by atoms with Crippen molar-refractivity contribution in [1.29, 1.82) is 0 Å². The Labute approximate surface area is 114 Å². The number of nitrogens with one attached hydrogen (secondary N) is 1. The van der Waals surface area contributed by atoms with Crippen LogP contribution < -0.4 is 11.1 Å². The van der Waals surface area contributed by atoms with Crippen LogP contribution in [0.15, 0.2) is 18.3 Å². The van der Waals surface area contributed by atoms with E-state index in [4.69, 9.17) is 5.73 Å². The largest absolute Gasteiger partial charge is 0.417 e. The summed E-state index contributed by atoms with van der Waals surface area (Å²) in [5, 5.41) is 2.78. The summed E-state index contributed by atoms with van der Waals surface area (Å²) >= 11 is 0. The Bertz CT molecular complexity index is 465. The highest BCUT2D eigenvalue weighted by molar-refractivity contribution is 5.92. The Hall–Kier alpha value is -1.63. The summed E-state index contributed by atoms with van der Waals surface area (Å²) < 4.78 is 37.1. The molecule has 1 aliphatic carbocycles. The summed E-state index contributed by atoms with van der Waals surface area (Å²) in [5.74, 6) is -0.445. The summed E-state index contributed by atoms with van der Waals surface area (Å²) in [5.41, 5.74) is 4.89. The first-order valence-electron chi connectivity index (χ1n) is 6.46. The highest BCUT2D eigenvalue weighted by Gasteiger charge is 2.31. The SMILES string of the molecule is NC1CCC(NC(=O)c2ccc(C(F)(F)F)cn2)CC1. The van der Waals surface area contributed by atoms with Crippen molar-refractivity contribution in [3.63, 3.8) is 0 Å². The number of hydrogen-bond donors (Lipinski definition) is 2. The van der Waals surface area contributed by atoms with E-state index in [2.05, 4.69) is 10.3 Å². The Kier molecular flexibility index (Phi) is 4.27. The number of hydrogen-bond acceptors (Lipinski definition) is 3. The maximum atomic E-state index is 12.4. The molecule has 1 heterocycles. The number of halogens is 3. The number of pyridine rings is 1. The van der Waals surface area contributed by atoms with Gasteiger partial charge in [0.25, 0.3) is 5.91 Å². The molecular weight excluding hydrogens is 271 g/mol. The number of carbonyl (C=O) groups excluding carboxylic acids is 1. The number of carbonyl (C=O) groups is 1. The summed E-state index contributed by atoms with van der Waals surface area (Å²) in [6, 6.07) is 2.14. The lowest BCUT2D eigenvalue weighted by Crippen LogP contribution is -2.40. The second kappa shape index (κ2) is 5.78. The normalized spacial score (nSPS) is 23.4. The van der Waals surface area contributed by atoms with Crippen molar-refractivity contribution in [2.75, 3.05) is 0 Å². The molecule has 1 aromatic heterocycles. The first-order valence-corrected chi connectivity index (χ1v) is 6.46. The third-order valence-corrected chi connectivity index (χ3v) is 3.43. The van der Waals surface area contributed by atoms with E-state index in [0.717, 1.165) is 37.8 Å². The van der Waals surface area contributed by atoms with Crippen LogP contribution in [0.3, 0.4) is 0 Å². The molecule has 2 rings (SSSR count). The van der Waals surface area contributed by atoms with Gasteiger partial charge in [-0.2, -0.15) is 13.2 Å². The fraction of sp³-hybridized carbons (Fsp3) is 0.538. The molecule has 1 aliphatic rings. The Morgan fingerprint density at radius 3 is 2.40 bits per heavy atom. The molecule has 0 aromatic carbocycles. The molecule has 1 saturated carbocycles. The minimum atomic E-state index is -4.44. The minimum Gasteiger partial charge on any atom is -0.348 e. The molecule has 20 heavy (non-hydrogen) atoms. The van der Waals surface area contributed by atoms with Crippen molar-refractivity contribution >= 4 is 5.91 Å². The highest BCUT2D eigenvalue weighted by atomic mass is 19.4. The van der Waals surface area contributed by atoms with Gasteiger partial charge in [0.1, 0.15) is 5.69 Å². The third-order valence-electron chi connectivity index (χ3n) is 3.43. The third kappa shape index (κ3) is 3.69. The number of nitrogens with zero attached hydrogens (tertiary/aromatic N) is 1. The standard InChI is InChI=1S/C13H16F3N3O/c14-13(15,16)8-1-6-11(18-7-8)12(20)19-10-4-2-9(17)3-5-10/h1,6-7,9-10H,2-5,17H2,(H,19,20). The predicted molar refractivity (Wildman–Crippen MR) is 66.9 cm³/mol. The van der Waals surface area contributed by atoms with Crippen LogP contribution >= 0.6 is 0 Å². The zero-order valence-electron chi connectivity index (χ0n) is 10.8. The molecule has 0 spiro atoms. The summed E-state index contributed by atoms with van der Waals surface area (Å²) in [4.78, 5) is 15.4. The van der Waals surface area contributed by atoms with Crippen molar-refractivity contribution in [3.05, 3.63) is 29.6 Å². The van der Waals surface area contributed by atoms with E-state index < -0.39 is 17.6 Å². The average Bonchev–Trinajstić information content (AvgIpc) is 2.40. The van der Waals surface area contributed by atoms with Crippen LogP contribution in [0, 0.1) is 0 Å². The fourth-order valence-corrected chi connectivity index (χ4v) is 2.22. The van der Waals surface area contributed by atoms with Gasteiger partial charge in [-0.3, -0.25) is 9.78 Å². The first-order chi connectivity index (χ1) is 9.36.